The zero-order valence-electron chi connectivity index (χ0n) is 19.0. The van der Waals surface area contributed by atoms with E-state index >= 15 is 0 Å². The topological polar surface area (TPSA) is 80.0 Å². The number of carbonyl (C=O) groups excluding carboxylic acids is 2. The third-order valence-corrected chi connectivity index (χ3v) is 6.80. The summed E-state index contributed by atoms with van der Waals surface area (Å²) in [6.45, 7) is 2.58. The van der Waals surface area contributed by atoms with E-state index in [1.807, 2.05) is 42.6 Å². The Bertz CT molecular complexity index is 1370. The van der Waals surface area contributed by atoms with Crippen LogP contribution in [0, 0.1) is 6.92 Å². The number of benzene rings is 2. The fraction of sp³-hybridized carbons (Fsp3) is 0.143. The highest BCUT2D eigenvalue weighted by Gasteiger charge is 2.46. The van der Waals surface area contributed by atoms with E-state index in [0.29, 0.717) is 23.7 Å². The van der Waals surface area contributed by atoms with Gasteiger partial charge in [-0.05, 0) is 60.3 Å². The van der Waals surface area contributed by atoms with Crippen LogP contribution in [0.4, 0.5) is 0 Å². The number of amides is 1. The van der Waals surface area contributed by atoms with Gasteiger partial charge in [0.25, 0.3) is 11.7 Å². The molecule has 1 unspecified atom stereocenters. The second kappa shape index (κ2) is 9.64. The van der Waals surface area contributed by atoms with Crippen LogP contribution < -0.4 is 4.74 Å². The van der Waals surface area contributed by atoms with Crippen molar-refractivity contribution in [2.24, 2.45) is 0 Å². The van der Waals surface area contributed by atoms with Crippen LogP contribution in [0.5, 0.6) is 5.75 Å². The molecule has 0 bridgehead atoms. The minimum Gasteiger partial charge on any atom is -0.507 e. The summed E-state index contributed by atoms with van der Waals surface area (Å²) in [5.41, 5.74) is 2.72. The first-order chi connectivity index (χ1) is 17.0. The summed E-state index contributed by atoms with van der Waals surface area (Å²) in [7, 11) is 0. The van der Waals surface area contributed by atoms with Crippen LogP contribution in [0.2, 0.25) is 0 Å². The van der Waals surface area contributed by atoms with E-state index in [1.54, 1.807) is 36.4 Å². The summed E-state index contributed by atoms with van der Waals surface area (Å²) in [6, 6.07) is 21.4. The molecule has 0 aliphatic carbocycles. The molecule has 1 atom stereocenters. The molecule has 1 N–H and O–H groups in total. The quantitative estimate of drug-likeness (QED) is 0.202. The number of nitrogens with zero attached hydrogens (tertiary/aromatic N) is 1. The number of aliphatic hydroxyl groups excluding tert-OH is 1. The number of furan rings is 1. The van der Waals surface area contributed by atoms with Gasteiger partial charge in [0.1, 0.15) is 29.9 Å². The number of carbonyl (C=O) groups is 2. The van der Waals surface area contributed by atoms with Crippen molar-refractivity contribution < 1.29 is 23.8 Å². The predicted molar refractivity (Wildman–Crippen MR) is 133 cm³/mol. The van der Waals surface area contributed by atoms with Crippen LogP contribution in [-0.2, 0) is 22.7 Å². The number of rotatable bonds is 7. The SMILES string of the molecule is Cc1cccc(COc2ccc(/C(O)=C3/C(=O)C(=O)N(Cc4ccco4)C3c3cccs3)cc2)c1. The van der Waals surface area contributed by atoms with E-state index in [9.17, 15) is 14.7 Å². The summed E-state index contributed by atoms with van der Waals surface area (Å²) in [5.74, 6) is -0.402. The monoisotopic (exact) mass is 485 g/mol. The van der Waals surface area contributed by atoms with Gasteiger partial charge in [0, 0.05) is 10.4 Å². The first-order valence-corrected chi connectivity index (χ1v) is 12.0. The molecule has 7 heteroatoms. The molecular formula is C28H23NO5S. The van der Waals surface area contributed by atoms with Crippen molar-refractivity contribution in [2.45, 2.75) is 26.1 Å². The van der Waals surface area contributed by atoms with Crippen LogP contribution in [-0.4, -0.2) is 21.7 Å². The molecule has 1 amide bonds. The molecule has 0 spiro atoms. The van der Waals surface area contributed by atoms with Gasteiger partial charge in [-0.2, -0.15) is 0 Å². The van der Waals surface area contributed by atoms with Crippen molar-refractivity contribution in [3.63, 3.8) is 0 Å². The molecule has 4 aromatic rings. The minimum absolute atomic E-state index is 0.0671. The number of Topliss-reactive ketones (excluding diaryl/α,β-unsaturated/α-hetero) is 1. The smallest absolute Gasteiger partial charge is 0.296 e. The molecule has 1 aliphatic heterocycles. The third kappa shape index (κ3) is 4.63. The van der Waals surface area contributed by atoms with Crippen LogP contribution in [0.1, 0.15) is 33.4 Å². The van der Waals surface area contributed by atoms with Gasteiger partial charge in [0.2, 0.25) is 0 Å². The lowest BCUT2D eigenvalue weighted by atomic mass is 10.00. The fourth-order valence-corrected chi connectivity index (χ4v) is 5.03. The molecule has 3 heterocycles. The summed E-state index contributed by atoms with van der Waals surface area (Å²) in [5, 5.41) is 13.0. The molecule has 1 saturated heterocycles. The number of likely N-dealkylation sites (tertiary alicyclic amines) is 1. The lowest BCUT2D eigenvalue weighted by molar-refractivity contribution is -0.140. The van der Waals surface area contributed by atoms with Gasteiger partial charge in [0.05, 0.1) is 18.4 Å². The molecule has 35 heavy (non-hydrogen) atoms. The Morgan fingerprint density at radius 3 is 2.57 bits per heavy atom. The Morgan fingerprint density at radius 1 is 1.06 bits per heavy atom. The zero-order chi connectivity index (χ0) is 24.4. The number of aliphatic hydroxyl groups is 1. The van der Waals surface area contributed by atoms with Gasteiger partial charge in [-0.25, -0.2) is 0 Å². The third-order valence-electron chi connectivity index (χ3n) is 5.87. The summed E-state index contributed by atoms with van der Waals surface area (Å²) in [4.78, 5) is 28.2. The Hall–Kier alpha value is -4.10. The lowest BCUT2D eigenvalue weighted by Crippen LogP contribution is -2.28. The lowest BCUT2D eigenvalue weighted by Gasteiger charge is -2.23. The van der Waals surface area contributed by atoms with Crippen molar-refractivity contribution in [3.8, 4) is 5.75 Å². The maximum absolute atomic E-state index is 13.1. The van der Waals surface area contributed by atoms with Crippen LogP contribution >= 0.6 is 11.3 Å². The highest BCUT2D eigenvalue weighted by Crippen LogP contribution is 2.42. The molecule has 1 aliphatic rings. The largest absolute Gasteiger partial charge is 0.507 e. The molecule has 176 valence electrons. The fourth-order valence-electron chi connectivity index (χ4n) is 4.19. The molecule has 1 fully saturated rings. The van der Waals surface area contributed by atoms with Crippen molar-refractivity contribution in [3.05, 3.63) is 117 Å². The first-order valence-electron chi connectivity index (χ1n) is 11.1. The normalized spacial score (nSPS) is 17.2. The van der Waals surface area contributed by atoms with E-state index < -0.39 is 17.7 Å². The van der Waals surface area contributed by atoms with Gasteiger partial charge in [-0.1, -0.05) is 35.9 Å². The second-order valence-electron chi connectivity index (χ2n) is 8.32. The minimum atomic E-state index is -0.716. The highest BCUT2D eigenvalue weighted by atomic mass is 32.1. The van der Waals surface area contributed by atoms with Crippen LogP contribution in [0.3, 0.4) is 0 Å². The van der Waals surface area contributed by atoms with Crippen molar-refractivity contribution in [2.75, 3.05) is 0 Å². The molecule has 2 aromatic carbocycles. The van der Waals surface area contributed by atoms with E-state index in [1.165, 1.54) is 22.5 Å². The van der Waals surface area contributed by atoms with Crippen LogP contribution in [0.25, 0.3) is 5.76 Å². The molecule has 0 saturated carbocycles. The van der Waals surface area contributed by atoms with Crippen molar-refractivity contribution in [1.82, 2.24) is 4.90 Å². The van der Waals surface area contributed by atoms with Crippen LogP contribution in [0.15, 0.2) is 94.4 Å². The number of hydrogen-bond acceptors (Lipinski definition) is 6. The summed E-state index contributed by atoms with van der Waals surface area (Å²) < 4.78 is 11.3. The van der Waals surface area contributed by atoms with E-state index in [4.69, 9.17) is 9.15 Å². The van der Waals surface area contributed by atoms with E-state index in [0.717, 1.165) is 16.0 Å². The summed E-state index contributed by atoms with van der Waals surface area (Å²) >= 11 is 1.42. The number of thiophene rings is 1. The number of ether oxygens (including phenoxy) is 1. The van der Waals surface area contributed by atoms with E-state index in [2.05, 4.69) is 6.07 Å². The van der Waals surface area contributed by atoms with Gasteiger partial charge in [-0.15, -0.1) is 11.3 Å². The predicted octanol–water partition coefficient (Wildman–Crippen LogP) is 5.85. The Morgan fingerprint density at radius 2 is 1.89 bits per heavy atom. The van der Waals surface area contributed by atoms with Gasteiger partial charge < -0.3 is 19.2 Å². The number of aryl methyl sites for hydroxylation is 1. The van der Waals surface area contributed by atoms with Gasteiger partial charge in [-0.3, -0.25) is 9.59 Å². The van der Waals surface area contributed by atoms with Crippen molar-refractivity contribution >= 4 is 28.8 Å². The highest BCUT2D eigenvalue weighted by molar-refractivity contribution is 7.10. The number of hydrogen-bond donors (Lipinski definition) is 1. The molecule has 6 nitrogen and oxygen atoms in total. The maximum Gasteiger partial charge on any atom is 0.296 e. The van der Waals surface area contributed by atoms with Gasteiger partial charge in [0.15, 0.2) is 0 Å². The zero-order valence-corrected chi connectivity index (χ0v) is 19.8. The molecule has 0 radical (unpaired) electrons. The van der Waals surface area contributed by atoms with E-state index in [-0.39, 0.29) is 17.9 Å². The molecular weight excluding hydrogens is 462 g/mol. The summed E-state index contributed by atoms with van der Waals surface area (Å²) in [6.07, 6.45) is 1.52. The first kappa shape index (κ1) is 22.7. The Labute approximate surface area is 206 Å². The Kier molecular flexibility index (Phi) is 6.25. The van der Waals surface area contributed by atoms with Gasteiger partial charge >= 0.3 is 0 Å². The maximum atomic E-state index is 13.1. The van der Waals surface area contributed by atoms with Crippen molar-refractivity contribution in [1.29, 1.82) is 0 Å². The molecule has 5 rings (SSSR count). The standard InChI is InChI=1S/C28H23NO5S/c1-18-5-2-6-19(15-18)17-34-21-11-9-20(10-12-21)26(30)24-25(23-8-4-14-35-23)29(28(32)27(24)31)16-22-7-3-13-33-22/h2-15,25,30H,16-17H2,1H3/b26-24-. The molecule has 2 aromatic heterocycles. The Balaban J connectivity index is 1.43. The average molecular weight is 486 g/mol. The second-order valence-corrected chi connectivity index (χ2v) is 9.30. The average Bonchev–Trinajstić information content (AvgIpc) is 3.62. The number of ketones is 1.